The van der Waals surface area contributed by atoms with Crippen molar-refractivity contribution in [3.63, 3.8) is 0 Å². The quantitative estimate of drug-likeness (QED) is 0.835. The van der Waals surface area contributed by atoms with Gasteiger partial charge in [-0.2, -0.15) is 0 Å². The third-order valence-electron chi connectivity index (χ3n) is 3.46. The third-order valence-corrected chi connectivity index (χ3v) is 5.69. The highest BCUT2D eigenvalue weighted by Crippen LogP contribution is 2.18. The first-order valence-electron chi connectivity index (χ1n) is 6.84. The number of carbonyl (C=O) groups excluding carboxylic acids is 1. The Morgan fingerprint density at radius 2 is 2.29 bits per heavy atom. The lowest BCUT2D eigenvalue weighted by Crippen LogP contribution is -2.47. The van der Waals surface area contributed by atoms with Gasteiger partial charge in [-0.05, 0) is 24.6 Å². The maximum Gasteiger partial charge on any atom is 0.222 e. The van der Waals surface area contributed by atoms with Crippen molar-refractivity contribution in [2.45, 2.75) is 25.4 Å². The number of hydrogen-bond donors (Lipinski definition) is 2. The molecule has 0 bridgehead atoms. The van der Waals surface area contributed by atoms with Crippen LogP contribution in [0.5, 0.6) is 0 Å². The van der Waals surface area contributed by atoms with Gasteiger partial charge >= 0.3 is 0 Å². The number of sulfone groups is 1. The number of hydrogen-bond acceptors (Lipinski definition) is 4. The minimum absolute atomic E-state index is 0.0334. The normalized spacial score (nSPS) is 22.5. The van der Waals surface area contributed by atoms with Gasteiger partial charge in [-0.1, -0.05) is 28.1 Å². The molecule has 0 aliphatic carbocycles. The molecule has 2 rings (SSSR count). The van der Waals surface area contributed by atoms with Crippen LogP contribution in [0.1, 0.15) is 24.9 Å². The van der Waals surface area contributed by atoms with Gasteiger partial charge in [-0.15, -0.1) is 0 Å². The molecule has 1 heterocycles. The first-order chi connectivity index (χ1) is 9.85. The zero-order valence-corrected chi connectivity index (χ0v) is 14.2. The largest absolute Gasteiger partial charge is 0.350 e. The molecule has 1 saturated heterocycles. The minimum Gasteiger partial charge on any atom is -0.350 e. The van der Waals surface area contributed by atoms with Crippen molar-refractivity contribution in [1.29, 1.82) is 0 Å². The maximum absolute atomic E-state index is 12.0. The monoisotopic (exact) mass is 374 g/mol. The summed E-state index contributed by atoms with van der Waals surface area (Å²) >= 11 is 3.40. The van der Waals surface area contributed by atoms with E-state index in [1.54, 1.807) is 0 Å². The summed E-state index contributed by atoms with van der Waals surface area (Å²) in [4.78, 5) is 12.0. The second-order valence-corrected chi connectivity index (χ2v) is 8.46. The molecule has 1 aliphatic heterocycles. The highest BCUT2D eigenvalue weighted by Gasteiger charge is 2.26. The smallest absolute Gasteiger partial charge is 0.222 e. The molecule has 21 heavy (non-hydrogen) atoms. The molecule has 1 amide bonds. The van der Waals surface area contributed by atoms with Crippen LogP contribution in [0.4, 0.5) is 0 Å². The number of benzene rings is 1. The van der Waals surface area contributed by atoms with Crippen molar-refractivity contribution < 1.29 is 13.2 Å². The lowest BCUT2D eigenvalue weighted by atomic mass is 10.1. The van der Waals surface area contributed by atoms with Gasteiger partial charge in [0.1, 0.15) is 0 Å². The predicted molar refractivity (Wildman–Crippen MR) is 85.8 cm³/mol. The van der Waals surface area contributed by atoms with E-state index in [0.29, 0.717) is 6.54 Å². The standard InChI is InChI=1S/C14H19BrN2O3S/c1-10(11-3-2-4-12(15)7-11)17-14(18)8-13-9-21(19,20)6-5-16-13/h2-4,7,10,13,16H,5-6,8-9H2,1H3,(H,17,18)/t10-,13?/m1/s1. The van der Waals surface area contributed by atoms with E-state index in [1.165, 1.54) is 0 Å². The van der Waals surface area contributed by atoms with Gasteiger partial charge in [-0.3, -0.25) is 4.79 Å². The van der Waals surface area contributed by atoms with Crippen LogP contribution in [0.3, 0.4) is 0 Å². The van der Waals surface area contributed by atoms with Gasteiger partial charge in [0, 0.05) is 23.5 Å². The first kappa shape index (κ1) is 16.5. The van der Waals surface area contributed by atoms with Gasteiger partial charge in [-0.25, -0.2) is 8.42 Å². The van der Waals surface area contributed by atoms with Crippen LogP contribution in [-0.4, -0.2) is 38.4 Å². The number of rotatable bonds is 4. The highest BCUT2D eigenvalue weighted by atomic mass is 79.9. The van der Waals surface area contributed by atoms with Crippen LogP contribution in [0.25, 0.3) is 0 Å². The summed E-state index contributed by atoms with van der Waals surface area (Å²) in [5.41, 5.74) is 1.00. The summed E-state index contributed by atoms with van der Waals surface area (Å²) in [5.74, 6) is 0.0442. The molecular weight excluding hydrogens is 356 g/mol. The molecule has 1 aromatic carbocycles. The van der Waals surface area contributed by atoms with Gasteiger partial charge in [0.05, 0.1) is 17.5 Å². The number of nitrogens with one attached hydrogen (secondary N) is 2. The van der Waals surface area contributed by atoms with Gasteiger partial charge in [0.2, 0.25) is 5.91 Å². The summed E-state index contributed by atoms with van der Waals surface area (Å²) < 4.78 is 24.1. The molecule has 116 valence electrons. The second-order valence-electron chi connectivity index (χ2n) is 5.31. The Morgan fingerprint density at radius 1 is 1.52 bits per heavy atom. The number of halogens is 1. The fourth-order valence-corrected chi connectivity index (χ4v) is 4.24. The zero-order chi connectivity index (χ0) is 15.5. The van der Waals surface area contributed by atoms with E-state index >= 15 is 0 Å². The molecule has 0 saturated carbocycles. The van der Waals surface area contributed by atoms with Crippen LogP contribution in [0.2, 0.25) is 0 Å². The maximum atomic E-state index is 12.0. The molecule has 2 atom stereocenters. The Labute approximate surface area is 133 Å². The van der Waals surface area contributed by atoms with Crippen LogP contribution < -0.4 is 10.6 Å². The molecule has 1 aromatic rings. The summed E-state index contributed by atoms with van der Waals surface area (Å²) in [6.07, 6.45) is 0.178. The van der Waals surface area contributed by atoms with Crippen molar-refractivity contribution in [1.82, 2.24) is 10.6 Å². The lowest BCUT2D eigenvalue weighted by Gasteiger charge is -2.24. The molecule has 1 aliphatic rings. The average Bonchev–Trinajstić information content (AvgIpc) is 2.37. The second kappa shape index (κ2) is 6.89. The topological polar surface area (TPSA) is 75.3 Å². The molecule has 1 fully saturated rings. The minimum atomic E-state index is -3.01. The predicted octanol–water partition coefficient (Wildman–Crippen LogP) is 1.40. The van der Waals surface area contributed by atoms with Gasteiger partial charge < -0.3 is 10.6 Å². The van der Waals surface area contributed by atoms with Crippen molar-refractivity contribution in [2.75, 3.05) is 18.1 Å². The number of amides is 1. The Kier molecular flexibility index (Phi) is 5.40. The SMILES string of the molecule is C[C@@H](NC(=O)CC1CS(=O)(=O)CCN1)c1cccc(Br)c1. The van der Waals surface area contributed by atoms with Gasteiger partial charge in [0.25, 0.3) is 0 Å². The molecule has 0 radical (unpaired) electrons. The van der Waals surface area contributed by atoms with Crippen LogP contribution in [0.15, 0.2) is 28.7 Å². The summed E-state index contributed by atoms with van der Waals surface area (Å²) in [6, 6.07) is 7.33. The third kappa shape index (κ3) is 5.09. The van der Waals surface area contributed by atoms with E-state index in [-0.39, 0.29) is 35.9 Å². The lowest BCUT2D eigenvalue weighted by molar-refractivity contribution is -0.122. The van der Waals surface area contributed by atoms with E-state index in [2.05, 4.69) is 26.6 Å². The molecular formula is C14H19BrN2O3S. The Bertz CT molecular complexity index is 618. The van der Waals surface area contributed by atoms with E-state index in [4.69, 9.17) is 0 Å². The summed E-state index contributed by atoms with van der Waals surface area (Å²) in [6.45, 7) is 2.33. The van der Waals surface area contributed by atoms with E-state index in [0.717, 1.165) is 10.0 Å². The Balaban J connectivity index is 1.89. The molecule has 0 aromatic heterocycles. The highest BCUT2D eigenvalue weighted by molar-refractivity contribution is 9.10. The Hall–Kier alpha value is -0.920. The van der Waals surface area contributed by atoms with Crippen LogP contribution in [0, 0.1) is 0 Å². The van der Waals surface area contributed by atoms with E-state index in [1.807, 2.05) is 31.2 Å². The van der Waals surface area contributed by atoms with E-state index in [9.17, 15) is 13.2 Å². The molecule has 0 spiro atoms. The van der Waals surface area contributed by atoms with Gasteiger partial charge in [0.15, 0.2) is 9.84 Å². The fraction of sp³-hybridized carbons (Fsp3) is 0.500. The van der Waals surface area contributed by atoms with Crippen molar-refractivity contribution >= 4 is 31.7 Å². The summed E-state index contributed by atoms with van der Waals surface area (Å²) in [7, 11) is -3.01. The van der Waals surface area contributed by atoms with Crippen LogP contribution in [-0.2, 0) is 14.6 Å². The van der Waals surface area contributed by atoms with Crippen molar-refractivity contribution in [3.8, 4) is 0 Å². The molecule has 5 nitrogen and oxygen atoms in total. The van der Waals surface area contributed by atoms with Crippen LogP contribution >= 0.6 is 15.9 Å². The number of carbonyl (C=O) groups is 1. The fourth-order valence-electron chi connectivity index (χ4n) is 2.38. The molecule has 1 unspecified atom stereocenters. The summed E-state index contributed by atoms with van der Waals surface area (Å²) in [5, 5.41) is 5.98. The van der Waals surface area contributed by atoms with Crippen molar-refractivity contribution in [2.24, 2.45) is 0 Å². The molecule has 2 N–H and O–H groups in total. The first-order valence-corrected chi connectivity index (χ1v) is 9.46. The zero-order valence-electron chi connectivity index (χ0n) is 11.8. The van der Waals surface area contributed by atoms with Crippen molar-refractivity contribution in [3.05, 3.63) is 34.3 Å². The average molecular weight is 375 g/mol. The Morgan fingerprint density at radius 3 is 2.95 bits per heavy atom. The van der Waals surface area contributed by atoms with E-state index < -0.39 is 9.84 Å². The molecule has 7 heteroatoms.